The number of nitrogens with zero attached hydrogens (tertiary/aromatic N) is 3. The summed E-state index contributed by atoms with van der Waals surface area (Å²) in [6.07, 6.45) is 6.43. The summed E-state index contributed by atoms with van der Waals surface area (Å²) in [6.45, 7) is 3.34. The molecule has 0 saturated carbocycles. The second-order valence-corrected chi connectivity index (χ2v) is 5.61. The molecule has 1 N–H and O–H groups in total. The van der Waals surface area contributed by atoms with Gasteiger partial charge in [0, 0.05) is 32.4 Å². The van der Waals surface area contributed by atoms with Gasteiger partial charge < -0.3 is 5.32 Å². The van der Waals surface area contributed by atoms with Crippen molar-refractivity contribution in [2.75, 3.05) is 18.4 Å². The molecule has 1 aliphatic heterocycles. The lowest BCUT2D eigenvalue weighted by atomic mass is 10.0. The average Bonchev–Trinajstić information content (AvgIpc) is 2.86. The van der Waals surface area contributed by atoms with E-state index in [4.69, 9.17) is 0 Å². The monoisotopic (exact) mass is 270 g/mol. The molecule has 3 rings (SSSR count). The molecule has 0 radical (unpaired) electrons. The smallest absolute Gasteiger partial charge is 0.0728 e. The summed E-state index contributed by atoms with van der Waals surface area (Å²) in [7, 11) is 1.95. The van der Waals surface area contributed by atoms with Gasteiger partial charge in [0.05, 0.1) is 11.9 Å². The largest absolute Gasteiger partial charge is 0.378 e. The molecule has 1 aromatic carbocycles. The highest BCUT2D eigenvalue weighted by molar-refractivity contribution is 5.39. The number of likely N-dealkylation sites (tertiary alicyclic amines) is 1. The van der Waals surface area contributed by atoms with Gasteiger partial charge in [0.25, 0.3) is 0 Å². The maximum Gasteiger partial charge on any atom is 0.0728 e. The molecule has 1 aromatic heterocycles. The third kappa shape index (κ3) is 3.39. The SMILES string of the molecule is Cn1cc(NC2CCCN(Cc3ccccc3)C2)cn1. The first kappa shape index (κ1) is 13.2. The minimum atomic E-state index is 0.525. The van der Waals surface area contributed by atoms with Crippen molar-refractivity contribution in [3.63, 3.8) is 0 Å². The molecule has 1 atom stereocenters. The van der Waals surface area contributed by atoms with Crippen molar-refractivity contribution < 1.29 is 0 Å². The predicted octanol–water partition coefficient (Wildman–Crippen LogP) is 2.50. The topological polar surface area (TPSA) is 33.1 Å². The fourth-order valence-corrected chi connectivity index (χ4v) is 2.89. The Morgan fingerprint density at radius 2 is 2.15 bits per heavy atom. The van der Waals surface area contributed by atoms with E-state index in [1.807, 2.05) is 24.1 Å². The lowest BCUT2D eigenvalue weighted by Gasteiger charge is -2.33. The van der Waals surface area contributed by atoms with Crippen molar-refractivity contribution in [1.29, 1.82) is 0 Å². The molecule has 20 heavy (non-hydrogen) atoms. The van der Waals surface area contributed by atoms with Crippen molar-refractivity contribution >= 4 is 5.69 Å². The predicted molar refractivity (Wildman–Crippen MR) is 81.6 cm³/mol. The molecule has 0 bridgehead atoms. The van der Waals surface area contributed by atoms with Crippen LogP contribution in [-0.2, 0) is 13.6 Å². The molecule has 4 heteroatoms. The Hall–Kier alpha value is -1.81. The van der Waals surface area contributed by atoms with E-state index in [2.05, 4.69) is 45.6 Å². The fraction of sp³-hybridized carbons (Fsp3) is 0.438. The molecular weight excluding hydrogens is 248 g/mol. The van der Waals surface area contributed by atoms with Crippen molar-refractivity contribution in [2.45, 2.75) is 25.4 Å². The highest BCUT2D eigenvalue weighted by Gasteiger charge is 2.20. The quantitative estimate of drug-likeness (QED) is 0.926. The van der Waals surface area contributed by atoms with Crippen molar-refractivity contribution in [2.24, 2.45) is 7.05 Å². The first-order valence-corrected chi connectivity index (χ1v) is 7.31. The summed E-state index contributed by atoms with van der Waals surface area (Å²) in [6, 6.07) is 11.2. The summed E-state index contributed by atoms with van der Waals surface area (Å²) < 4.78 is 1.84. The van der Waals surface area contributed by atoms with Gasteiger partial charge in [-0.2, -0.15) is 5.10 Å². The third-order valence-electron chi connectivity index (χ3n) is 3.83. The van der Waals surface area contributed by atoms with Crippen LogP contribution in [0.1, 0.15) is 18.4 Å². The van der Waals surface area contributed by atoms with E-state index in [-0.39, 0.29) is 0 Å². The van der Waals surface area contributed by atoms with Gasteiger partial charge in [-0.25, -0.2) is 0 Å². The Kier molecular flexibility index (Phi) is 4.02. The zero-order valence-electron chi connectivity index (χ0n) is 12.0. The minimum absolute atomic E-state index is 0.525. The molecule has 2 heterocycles. The number of hydrogen-bond donors (Lipinski definition) is 1. The minimum Gasteiger partial charge on any atom is -0.378 e. The first-order valence-electron chi connectivity index (χ1n) is 7.31. The van der Waals surface area contributed by atoms with E-state index >= 15 is 0 Å². The van der Waals surface area contributed by atoms with Gasteiger partial charge >= 0.3 is 0 Å². The Labute approximate surface area is 120 Å². The second kappa shape index (κ2) is 6.09. The normalized spacial score (nSPS) is 19.9. The van der Waals surface area contributed by atoms with Gasteiger partial charge in [-0.3, -0.25) is 9.58 Å². The van der Waals surface area contributed by atoms with Gasteiger partial charge in [-0.05, 0) is 24.9 Å². The molecule has 0 spiro atoms. The molecule has 1 aliphatic rings. The van der Waals surface area contributed by atoms with Crippen LogP contribution >= 0.6 is 0 Å². The lowest BCUT2D eigenvalue weighted by Crippen LogP contribution is -2.41. The summed E-state index contributed by atoms with van der Waals surface area (Å²) in [5.74, 6) is 0. The number of nitrogens with one attached hydrogen (secondary N) is 1. The van der Waals surface area contributed by atoms with E-state index in [9.17, 15) is 0 Å². The lowest BCUT2D eigenvalue weighted by molar-refractivity contribution is 0.208. The van der Waals surface area contributed by atoms with Crippen LogP contribution in [0.5, 0.6) is 0 Å². The molecule has 4 nitrogen and oxygen atoms in total. The van der Waals surface area contributed by atoms with E-state index in [1.54, 1.807) is 0 Å². The first-order chi connectivity index (χ1) is 9.79. The van der Waals surface area contributed by atoms with Crippen LogP contribution in [0.25, 0.3) is 0 Å². The van der Waals surface area contributed by atoms with Crippen LogP contribution in [0, 0.1) is 0 Å². The van der Waals surface area contributed by atoms with Crippen LogP contribution in [0.2, 0.25) is 0 Å². The maximum absolute atomic E-state index is 4.21. The maximum atomic E-state index is 4.21. The Morgan fingerprint density at radius 1 is 1.30 bits per heavy atom. The van der Waals surface area contributed by atoms with Gasteiger partial charge in [-0.1, -0.05) is 30.3 Å². The van der Waals surface area contributed by atoms with Gasteiger partial charge in [0.2, 0.25) is 0 Å². The van der Waals surface area contributed by atoms with E-state index in [0.717, 1.165) is 18.8 Å². The van der Waals surface area contributed by atoms with Crippen molar-refractivity contribution in [1.82, 2.24) is 14.7 Å². The zero-order chi connectivity index (χ0) is 13.8. The Balaban J connectivity index is 1.56. The number of hydrogen-bond acceptors (Lipinski definition) is 3. The number of aromatic nitrogens is 2. The number of piperidine rings is 1. The van der Waals surface area contributed by atoms with Crippen LogP contribution in [0.4, 0.5) is 5.69 Å². The molecule has 0 amide bonds. The Morgan fingerprint density at radius 3 is 2.90 bits per heavy atom. The number of rotatable bonds is 4. The van der Waals surface area contributed by atoms with Crippen LogP contribution in [0.15, 0.2) is 42.7 Å². The zero-order valence-corrected chi connectivity index (χ0v) is 12.0. The third-order valence-corrected chi connectivity index (χ3v) is 3.83. The van der Waals surface area contributed by atoms with E-state index in [1.165, 1.54) is 24.9 Å². The number of aryl methyl sites for hydroxylation is 1. The van der Waals surface area contributed by atoms with Crippen molar-refractivity contribution in [3.05, 3.63) is 48.3 Å². The van der Waals surface area contributed by atoms with E-state index in [0.29, 0.717) is 6.04 Å². The standard InChI is InChI=1S/C16H22N4/c1-19-12-16(10-17-19)18-15-8-5-9-20(13-15)11-14-6-3-2-4-7-14/h2-4,6-7,10,12,15,18H,5,8-9,11,13H2,1H3. The summed E-state index contributed by atoms with van der Waals surface area (Å²) >= 11 is 0. The Bertz CT molecular complexity index is 534. The highest BCUT2D eigenvalue weighted by atomic mass is 15.3. The second-order valence-electron chi connectivity index (χ2n) is 5.61. The number of anilines is 1. The van der Waals surface area contributed by atoms with Gasteiger partial charge in [-0.15, -0.1) is 0 Å². The summed E-state index contributed by atoms with van der Waals surface area (Å²) in [5, 5.41) is 7.80. The summed E-state index contributed by atoms with van der Waals surface area (Å²) in [5.41, 5.74) is 2.52. The highest BCUT2D eigenvalue weighted by Crippen LogP contribution is 2.17. The van der Waals surface area contributed by atoms with E-state index < -0.39 is 0 Å². The van der Waals surface area contributed by atoms with Gasteiger partial charge in [0.15, 0.2) is 0 Å². The van der Waals surface area contributed by atoms with Crippen molar-refractivity contribution in [3.8, 4) is 0 Å². The fourth-order valence-electron chi connectivity index (χ4n) is 2.89. The molecular formula is C16H22N4. The molecule has 1 unspecified atom stereocenters. The summed E-state index contributed by atoms with van der Waals surface area (Å²) in [4.78, 5) is 2.53. The number of benzene rings is 1. The molecule has 1 fully saturated rings. The van der Waals surface area contributed by atoms with Crippen LogP contribution < -0.4 is 5.32 Å². The van der Waals surface area contributed by atoms with Crippen LogP contribution in [0.3, 0.4) is 0 Å². The van der Waals surface area contributed by atoms with Crippen LogP contribution in [-0.4, -0.2) is 33.8 Å². The molecule has 1 saturated heterocycles. The molecule has 0 aliphatic carbocycles. The molecule has 106 valence electrons. The molecule has 2 aromatic rings. The van der Waals surface area contributed by atoms with Gasteiger partial charge in [0.1, 0.15) is 0 Å². The average molecular weight is 270 g/mol.